The molecule has 14 nitrogen and oxygen atoms in total. The average Bonchev–Trinajstić information content (AvgIpc) is 0.987. The fraction of sp³-hybridized carbons (Fsp3) is 0.500. The maximum atomic E-state index is 16.0. The molecule has 2 aliphatic carbocycles. The molecule has 2 heterocycles. The first kappa shape index (κ1) is 67.4. The molecule has 8 rings (SSSR count). The zero-order chi connectivity index (χ0) is 62.8. The molecular weight excluding hydrogens is 1190 g/mol. The number of nitrogens with zero attached hydrogens (tertiary/aromatic N) is 2. The monoisotopic (exact) mass is 1260 g/mol. The number of carbonyl (C=O) groups is 2. The molecule has 4 aliphatic rings. The molecule has 2 aliphatic heterocycles. The first-order valence-electron chi connectivity index (χ1n) is 28.5. The summed E-state index contributed by atoms with van der Waals surface area (Å²) in [6.45, 7) is 7.08. The number of hydrogen-bond donors (Lipinski definition) is 4. The largest absolute Gasteiger partial charge is 0.493 e. The van der Waals surface area contributed by atoms with Crippen LogP contribution in [0.15, 0.2) is 120 Å². The van der Waals surface area contributed by atoms with Crippen molar-refractivity contribution < 1.29 is 79.8 Å². The Morgan fingerprint density at radius 1 is 0.477 bits per heavy atom. The zero-order valence-electron chi connectivity index (χ0n) is 47.2. The van der Waals surface area contributed by atoms with Crippen molar-refractivity contribution >= 4 is 43.0 Å². The number of piperidine rings is 2. The standard InChI is InChI=1S/2C30H36F5N3O4S/c2*1-20(30(33,34)35)22-7-9-23(10-8-22)29(31,32)27(28(39)38-17-15-24(36)16-18-38)37-43(40,41)26-13-11-25(12-14-26)42-19-21-5-3-2-4-6-21/h2*7-14,21,24,27,37H,1-6,15-19,36H2/t2*27-/m10/s1. The van der Waals surface area contributed by atoms with Crippen molar-refractivity contribution in [3.05, 3.63) is 132 Å². The Balaban J connectivity index is 0.000000246. The predicted octanol–water partition coefficient (Wildman–Crippen LogP) is 11.2. The molecule has 0 radical (unpaired) electrons. The van der Waals surface area contributed by atoms with Crippen molar-refractivity contribution in [1.29, 1.82) is 0 Å². The number of nitrogens with two attached hydrogens (primary N) is 2. The van der Waals surface area contributed by atoms with E-state index >= 15 is 17.6 Å². The number of amides is 2. The number of likely N-dealkylation sites (tertiary alicyclic amines) is 2. The third-order valence-electron chi connectivity index (χ3n) is 16.1. The molecule has 2 amide bonds. The Morgan fingerprint density at radius 2 is 0.767 bits per heavy atom. The van der Waals surface area contributed by atoms with Crippen LogP contribution in [0.1, 0.15) is 112 Å². The molecule has 4 fully saturated rings. The van der Waals surface area contributed by atoms with E-state index in [1.54, 1.807) is 0 Å². The first-order chi connectivity index (χ1) is 40.4. The van der Waals surface area contributed by atoms with Crippen molar-refractivity contribution in [2.75, 3.05) is 39.4 Å². The van der Waals surface area contributed by atoms with Gasteiger partial charge >= 0.3 is 12.4 Å². The minimum atomic E-state index is -4.77. The molecule has 86 heavy (non-hydrogen) atoms. The summed E-state index contributed by atoms with van der Waals surface area (Å²) in [5.41, 5.74) is 6.74. The van der Waals surface area contributed by atoms with Crippen molar-refractivity contribution in [3.8, 4) is 11.5 Å². The smallest absolute Gasteiger partial charge is 0.416 e. The number of sulfonamides is 2. The maximum Gasteiger partial charge on any atom is 0.416 e. The highest BCUT2D eigenvalue weighted by Crippen LogP contribution is 2.40. The van der Waals surface area contributed by atoms with Crippen LogP contribution in [0.3, 0.4) is 0 Å². The number of hydrogen-bond acceptors (Lipinski definition) is 10. The number of halogens is 10. The summed E-state index contributed by atoms with van der Waals surface area (Å²) in [4.78, 5) is 28.4. The third-order valence-corrected chi connectivity index (χ3v) is 19.0. The number of rotatable bonds is 20. The normalized spacial score (nSPS) is 18.3. The van der Waals surface area contributed by atoms with E-state index in [0.29, 0.717) is 62.2 Å². The number of alkyl halides is 10. The minimum Gasteiger partial charge on any atom is -0.493 e. The fourth-order valence-corrected chi connectivity index (χ4v) is 13.0. The minimum absolute atomic E-state index is 0.0473. The van der Waals surface area contributed by atoms with Gasteiger partial charge in [-0.15, -0.1) is 0 Å². The van der Waals surface area contributed by atoms with Crippen molar-refractivity contribution in [1.82, 2.24) is 19.2 Å². The molecule has 26 heteroatoms. The number of ether oxygens (including phenoxy) is 2. The Bertz CT molecular complexity index is 2950. The van der Waals surface area contributed by atoms with Gasteiger partial charge < -0.3 is 30.7 Å². The van der Waals surface area contributed by atoms with Gasteiger partial charge in [0.15, 0.2) is 12.1 Å². The fourth-order valence-electron chi connectivity index (χ4n) is 10.6. The van der Waals surface area contributed by atoms with Crippen molar-refractivity contribution in [3.63, 3.8) is 0 Å². The van der Waals surface area contributed by atoms with Gasteiger partial charge in [0, 0.05) is 49.4 Å². The van der Waals surface area contributed by atoms with Crippen molar-refractivity contribution in [2.45, 2.75) is 148 Å². The number of benzene rings is 4. The van der Waals surface area contributed by atoms with Gasteiger partial charge in [0.25, 0.3) is 11.8 Å². The Labute approximate surface area is 494 Å². The van der Waals surface area contributed by atoms with Crippen LogP contribution in [0.5, 0.6) is 11.5 Å². The summed E-state index contributed by atoms with van der Waals surface area (Å²) in [5.74, 6) is -8.93. The van der Waals surface area contributed by atoms with Gasteiger partial charge in [0.1, 0.15) is 11.5 Å². The molecular formula is C60H72F10N6O8S2. The lowest BCUT2D eigenvalue weighted by atomic mass is 9.90. The van der Waals surface area contributed by atoms with E-state index in [1.165, 1.54) is 61.4 Å². The Kier molecular flexibility index (Phi) is 22.3. The van der Waals surface area contributed by atoms with E-state index < -0.39 is 102 Å². The van der Waals surface area contributed by atoms with Gasteiger partial charge in [-0.25, -0.2) is 16.8 Å². The van der Waals surface area contributed by atoms with Crippen LogP contribution in [0.2, 0.25) is 0 Å². The molecule has 472 valence electrons. The maximum absolute atomic E-state index is 16.0. The molecule has 2 saturated carbocycles. The lowest BCUT2D eigenvalue weighted by Gasteiger charge is -2.35. The lowest BCUT2D eigenvalue weighted by molar-refractivity contribution is -0.146. The quantitative estimate of drug-likeness (QED) is 0.0617. The van der Waals surface area contributed by atoms with Crippen LogP contribution in [0.4, 0.5) is 43.9 Å². The van der Waals surface area contributed by atoms with Crippen molar-refractivity contribution in [2.24, 2.45) is 23.3 Å². The van der Waals surface area contributed by atoms with Crippen LogP contribution >= 0.6 is 0 Å². The highest BCUT2D eigenvalue weighted by atomic mass is 32.2. The van der Waals surface area contributed by atoms with Gasteiger partial charge in [-0.1, -0.05) is 100 Å². The van der Waals surface area contributed by atoms with E-state index in [0.717, 1.165) is 110 Å². The Hall–Kier alpha value is -6.06. The second-order valence-corrected chi connectivity index (χ2v) is 25.8. The summed E-state index contributed by atoms with van der Waals surface area (Å²) in [5, 5.41) is 0. The third kappa shape index (κ3) is 17.6. The van der Waals surface area contributed by atoms with Crippen LogP contribution in [-0.4, -0.2) is 114 Å². The molecule has 0 aromatic heterocycles. The zero-order valence-corrected chi connectivity index (χ0v) is 48.8. The van der Waals surface area contributed by atoms with Gasteiger partial charge in [-0.3, -0.25) is 9.59 Å². The average molecular weight is 1260 g/mol. The van der Waals surface area contributed by atoms with Gasteiger partial charge in [-0.2, -0.15) is 53.3 Å². The molecule has 2 saturated heterocycles. The lowest BCUT2D eigenvalue weighted by Crippen LogP contribution is -2.57. The summed E-state index contributed by atoms with van der Waals surface area (Å²) >= 11 is 0. The summed E-state index contributed by atoms with van der Waals surface area (Å²) in [6, 6.07) is 11.0. The molecule has 0 bridgehead atoms. The van der Waals surface area contributed by atoms with E-state index in [1.807, 2.05) is 9.44 Å². The molecule has 0 unspecified atom stereocenters. The molecule has 0 spiro atoms. The number of allylic oxidation sites excluding steroid dienone is 2. The second kappa shape index (κ2) is 28.4. The highest BCUT2D eigenvalue weighted by Gasteiger charge is 2.52. The van der Waals surface area contributed by atoms with E-state index in [4.69, 9.17) is 20.9 Å². The summed E-state index contributed by atoms with van der Waals surface area (Å²) in [7, 11) is -9.32. The van der Waals surface area contributed by atoms with Gasteiger partial charge in [0.05, 0.1) is 34.2 Å². The second-order valence-electron chi connectivity index (χ2n) is 22.4. The number of carbonyl (C=O) groups excluding carboxylic acids is 2. The SMILES string of the molecule is C=C(c1ccc(C(F)(F)[C@@H](NS(=O)(=O)c2ccc(OCC3CCCCC3)cc2)C(=O)N2CCC(N)CC2)cc1)C(F)(F)F.C=C(c1ccc(C(F)(F)[C@H](NS(=O)(=O)c2ccc(OCC3CCCCC3)cc2)C(=O)N2CCC(N)CC2)cc1)C(F)(F)F. The van der Waals surface area contributed by atoms with Crippen LogP contribution in [0.25, 0.3) is 11.1 Å². The Morgan fingerprint density at radius 3 is 1.05 bits per heavy atom. The first-order valence-corrected chi connectivity index (χ1v) is 31.4. The van der Waals surface area contributed by atoms with Crippen LogP contribution in [0, 0.1) is 11.8 Å². The van der Waals surface area contributed by atoms with E-state index in [-0.39, 0.29) is 48.1 Å². The van der Waals surface area contributed by atoms with Gasteiger partial charge in [0.2, 0.25) is 31.9 Å². The van der Waals surface area contributed by atoms with Gasteiger partial charge in [-0.05, 0) is 123 Å². The van der Waals surface area contributed by atoms with E-state index in [9.17, 15) is 52.8 Å². The summed E-state index contributed by atoms with van der Waals surface area (Å²) in [6.07, 6.45) is 2.99. The summed E-state index contributed by atoms with van der Waals surface area (Å²) < 4.78 is 211. The molecule has 2 atom stereocenters. The molecule has 4 aromatic carbocycles. The predicted molar refractivity (Wildman–Crippen MR) is 304 cm³/mol. The molecule has 4 aromatic rings. The topological polar surface area (TPSA) is 203 Å². The van der Waals surface area contributed by atoms with Crippen LogP contribution < -0.4 is 30.4 Å². The van der Waals surface area contributed by atoms with E-state index in [2.05, 4.69) is 13.2 Å². The van der Waals surface area contributed by atoms with Crippen LogP contribution in [-0.2, 0) is 41.5 Å². The molecule has 6 N–H and O–H groups in total. The number of nitrogens with one attached hydrogen (secondary N) is 2. The highest BCUT2D eigenvalue weighted by molar-refractivity contribution is 7.89.